The van der Waals surface area contributed by atoms with Gasteiger partial charge in [-0.25, -0.2) is 14.8 Å². The number of carbonyl (C=O) groups is 3. The molecular formula is C30H35N5O3. The van der Waals surface area contributed by atoms with Gasteiger partial charge in [0, 0.05) is 20.1 Å². The van der Waals surface area contributed by atoms with Crippen molar-refractivity contribution < 1.29 is 14.4 Å². The average molecular weight is 514 g/mol. The maximum absolute atomic E-state index is 13.9. The Bertz CT molecular complexity index is 1320. The summed E-state index contributed by atoms with van der Waals surface area (Å²) in [4.78, 5) is 44.2. The monoisotopic (exact) mass is 513 g/mol. The highest BCUT2D eigenvalue weighted by atomic mass is 16.2. The Morgan fingerprint density at radius 2 is 1.68 bits per heavy atom. The summed E-state index contributed by atoms with van der Waals surface area (Å²) >= 11 is 0. The molecule has 0 saturated carbocycles. The molecule has 2 heterocycles. The fraction of sp³-hybridized carbons (Fsp3) is 0.367. The second-order valence-electron chi connectivity index (χ2n) is 10.6. The van der Waals surface area contributed by atoms with Crippen molar-refractivity contribution >= 4 is 28.6 Å². The number of hydrazine groups is 1. The minimum absolute atomic E-state index is 0.0421. The molecule has 0 aliphatic carbocycles. The zero-order valence-electron chi connectivity index (χ0n) is 22.2. The second-order valence-corrected chi connectivity index (χ2v) is 10.6. The molecule has 2 atom stereocenters. The van der Waals surface area contributed by atoms with Crippen molar-refractivity contribution in [1.82, 2.24) is 25.1 Å². The normalized spacial score (nSPS) is 20.3. The van der Waals surface area contributed by atoms with Crippen molar-refractivity contribution in [2.45, 2.75) is 45.6 Å². The standard InChI is InChI=1S/C30H35N5O3/c1-21(2)16-26-29(37)33(18-24-14-9-13-23-12-7-8-15-25(23)24)19-27-34(26)28(36)20-32(3)35(27)30(38)31-17-22-10-5-4-6-11-22/h4-15,21,26-27H,16-20H2,1-3H3,(H,31,38)/t26-,27-/m0/s1. The Labute approximate surface area is 223 Å². The lowest BCUT2D eigenvalue weighted by Crippen LogP contribution is -2.75. The van der Waals surface area contributed by atoms with Gasteiger partial charge in [0.25, 0.3) is 0 Å². The van der Waals surface area contributed by atoms with Crippen LogP contribution in [0.25, 0.3) is 10.8 Å². The van der Waals surface area contributed by atoms with E-state index in [0.29, 0.717) is 19.5 Å². The number of nitrogens with zero attached hydrogens (tertiary/aromatic N) is 4. The van der Waals surface area contributed by atoms with Crippen LogP contribution >= 0.6 is 0 Å². The Hall–Kier alpha value is -3.91. The first-order valence-electron chi connectivity index (χ1n) is 13.2. The highest BCUT2D eigenvalue weighted by Crippen LogP contribution is 2.30. The third kappa shape index (κ3) is 5.09. The van der Waals surface area contributed by atoms with E-state index in [1.807, 2.05) is 59.5 Å². The molecule has 3 aromatic rings. The molecule has 0 bridgehead atoms. The van der Waals surface area contributed by atoms with Crippen molar-refractivity contribution in [1.29, 1.82) is 0 Å². The fourth-order valence-corrected chi connectivity index (χ4v) is 5.61. The van der Waals surface area contributed by atoms with Crippen molar-refractivity contribution in [3.63, 3.8) is 0 Å². The van der Waals surface area contributed by atoms with Crippen molar-refractivity contribution in [3.8, 4) is 0 Å². The van der Waals surface area contributed by atoms with Crippen molar-refractivity contribution in [2.75, 3.05) is 20.1 Å². The molecule has 2 aliphatic rings. The molecule has 4 amide bonds. The topological polar surface area (TPSA) is 76.2 Å². The van der Waals surface area contributed by atoms with Crippen LogP contribution in [-0.2, 0) is 22.7 Å². The van der Waals surface area contributed by atoms with E-state index < -0.39 is 12.2 Å². The average Bonchev–Trinajstić information content (AvgIpc) is 2.90. The van der Waals surface area contributed by atoms with Gasteiger partial charge in [-0.3, -0.25) is 9.59 Å². The molecule has 198 valence electrons. The number of hydrogen-bond donors (Lipinski definition) is 1. The summed E-state index contributed by atoms with van der Waals surface area (Å²) in [6, 6.07) is 23.1. The third-order valence-electron chi connectivity index (χ3n) is 7.37. The summed E-state index contributed by atoms with van der Waals surface area (Å²) in [5.74, 6) is 0.00812. The summed E-state index contributed by atoms with van der Waals surface area (Å²) in [5, 5.41) is 8.50. The molecule has 5 rings (SSSR count). The van der Waals surface area contributed by atoms with Gasteiger partial charge in [-0.05, 0) is 34.2 Å². The van der Waals surface area contributed by atoms with Gasteiger partial charge in [0.1, 0.15) is 12.2 Å². The maximum Gasteiger partial charge on any atom is 0.334 e. The van der Waals surface area contributed by atoms with Crippen LogP contribution in [0.15, 0.2) is 72.8 Å². The first-order chi connectivity index (χ1) is 18.3. The number of rotatable bonds is 6. The van der Waals surface area contributed by atoms with Crippen LogP contribution < -0.4 is 5.32 Å². The van der Waals surface area contributed by atoms with Gasteiger partial charge >= 0.3 is 6.03 Å². The van der Waals surface area contributed by atoms with Gasteiger partial charge in [0.15, 0.2) is 0 Å². The molecular weight excluding hydrogens is 478 g/mol. The predicted octanol–water partition coefficient (Wildman–Crippen LogP) is 3.82. The molecule has 3 aromatic carbocycles. The molecule has 8 heteroatoms. The Kier molecular flexibility index (Phi) is 7.33. The summed E-state index contributed by atoms with van der Waals surface area (Å²) in [5.41, 5.74) is 2.03. The summed E-state index contributed by atoms with van der Waals surface area (Å²) in [7, 11) is 1.75. The van der Waals surface area contributed by atoms with E-state index in [9.17, 15) is 14.4 Å². The van der Waals surface area contributed by atoms with Gasteiger partial charge in [-0.15, -0.1) is 0 Å². The number of amides is 4. The first kappa shape index (κ1) is 25.7. The zero-order chi connectivity index (χ0) is 26.8. The number of piperazine rings is 1. The molecule has 2 saturated heterocycles. The summed E-state index contributed by atoms with van der Waals surface area (Å²) in [6.07, 6.45) is -0.0514. The molecule has 8 nitrogen and oxygen atoms in total. The number of urea groups is 1. The Morgan fingerprint density at radius 3 is 2.45 bits per heavy atom. The van der Waals surface area contributed by atoms with Gasteiger partial charge in [0.05, 0.1) is 13.1 Å². The quantitative estimate of drug-likeness (QED) is 0.544. The second kappa shape index (κ2) is 10.8. The van der Waals surface area contributed by atoms with Crippen LogP contribution in [0.3, 0.4) is 0 Å². The van der Waals surface area contributed by atoms with Gasteiger partial charge in [0.2, 0.25) is 11.8 Å². The highest BCUT2D eigenvalue weighted by molar-refractivity contribution is 5.92. The molecule has 0 unspecified atom stereocenters. The smallest absolute Gasteiger partial charge is 0.333 e. The lowest BCUT2D eigenvalue weighted by Gasteiger charge is -2.54. The number of nitrogens with one attached hydrogen (secondary N) is 1. The summed E-state index contributed by atoms with van der Waals surface area (Å²) in [6.45, 7) is 5.18. The highest BCUT2D eigenvalue weighted by Gasteiger charge is 2.50. The van der Waals surface area contributed by atoms with E-state index in [4.69, 9.17) is 0 Å². The van der Waals surface area contributed by atoms with Crippen LogP contribution in [0, 0.1) is 5.92 Å². The number of hydrogen-bond acceptors (Lipinski definition) is 4. The third-order valence-corrected chi connectivity index (χ3v) is 7.37. The fourth-order valence-electron chi connectivity index (χ4n) is 5.61. The number of carbonyl (C=O) groups excluding carboxylic acids is 3. The van der Waals surface area contributed by atoms with E-state index in [1.165, 1.54) is 0 Å². The van der Waals surface area contributed by atoms with Crippen LogP contribution in [0.1, 0.15) is 31.4 Å². The van der Waals surface area contributed by atoms with Crippen molar-refractivity contribution in [3.05, 3.63) is 83.9 Å². The molecule has 0 spiro atoms. The van der Waals surface area contributed by atoms with Gasteiger partial charge < -0.3 is 15.1 Å². The molecule has 1 N–H and O–H groups in total. The van der Waals surface area contributed by atoms with Crippen LogP contribution in [0.4, 0.5) is 4.79 Å². The summed E-state index contributed by atoms with van der Waals surface area (Å²) < 4.78 is 0. The lowest BCUT2D eigenvalue weighted by molar-refractivity contribution is -0.188. The minimum atomic E-state index is -0.616. The number of benzene rings is 3. The van der Waals surface area contributed by atoms with Crippen LogP contribution in [0.5, 0.6) is 0 Å². The zero-order valence-corrected chi connectivity index (χ0v) is 22.2. The molecule has 0 radical (unpaired) electrons. The lowest BCUT2D eigenvalue weighted by atomic mass is 9.96. The predicted molar refractivity (Wildman–Crippen MR) is 146 cm³/mol. The van der Waals surface area contributed by atoms with Crippen molar-refractivity contribution in [2.24, 2.45) is 5.92 Å². The minimum Gasteiger partial charge on any atom is -0.333 e. The van der Waals surface area contributed by atoms with Gasteiger partial charge in [-0.2, -0.15) is 0 Å². The molecule has 2 fully saturated rings. The molecule has 0 aromatic heterocycles. The molecule has 38 heavy (non-hydrogen) atoms. The SMILES string of the molecule is CC(C)C[C@H]1C(=O)N(Cc2cccc3ccccc23)C[C@H]2N1C(=O)CN(C)N2C(=O)NCc1ccccc1. The van der Waals surface area contributed by atoms with E-state index in [1.54, 1.807) is 22.0 Å². The van der Waals surface area contributed by atoms with Crippen LogP contribution in [-0.4, -0.2) is 70.0 Å². The first-order valence-corrected chi connectivity index (χ1v) is 13.2. The maximum atomic E-state index is 13.9. The van der Waals surface area contributed by atoms with E-state index in [0.717, 1.165) is 21.9 Å². The largest absolute Gasteiger partial charge is 0.334 e. The van der Waals surface area contributed by atoms with E-state index >= 15 is 0 Å². The Balaban J connectivity index is 1.46. The number of likely N-dealkylation sites (N-methyl/N-ethyl adjacent to an activating group) is 1. The van der Waals surface area contributed by atoms with E-state index in [2.05, 4.69) is 37.4 Å². The molecule has 2 aliphatic heterocycles. The Morgan fingerprint density at radius 1 is 0.974 bits per heavy atom. The van der Waals surface area contributed by atoms with E-state index in [-0.39, 0.29) is 36.9 Å². The van der Waals surface area contributed by atoms with Gasteiger partial charge in [-0.1, -0.05) is 86.6 Å². The van der Waals surface area contributed by atoms with Crippen LogP contribution in [0.2, 0.25) is 0 Å². The number of fused-ring (bicyclic) bond motifs is 2.